The summed E-state index contributed by atoms with van der Waals surface area (Å²) in [5.41, 5.74) is -0.993. The first kappa shape index (κ1) is 12.4. The highest BCUT2D eigenvalue weighted by molar-refractivity contribution is 6.28. The second-order valence-electron chi connectivity index (χ2n) is 4.22. The third kappa shape index (κ3) is 2.80. The lowest BCUT2D eigenvalue weighted by Crippen LogP contribution is -2.22. The topological polar surface area (TPSA) is 29.0 Å². The molecule has 1 unspecified atom stereocenters. The van der Waals surface area contributed by atoms with Crippen molar-refractivity contribution in [2.45, 2.75) is 19.5 Å². The number of aromatic nitrogens is 2. The molecule has 0 bridgehead atoms. The Balaban J connectivity index is 2.32. The quantitative estimate of drug-likeness (QED) is 0.731. The molecule has 1 aromatic rings. The second kappa shape index (κ2) is 4.33. The standard InChI is InChI=1S/C10H11ClF3N3/c1-6-2-3-17(5-6)8-4-7(10(12,13)14)15-9(11)16-8/h4,6H,2-3,5H2,1H3. The summed E-state index contributed by atoms with van der Waals surface area (Å²) < 4.78 is 37.6. The second-order valence-corrected chi connectivity index (χ2v) is 4.56. The summed E-state index contributed by atoms with van der Waals surface area (Å²) in [7, 11) is 0. The Kier molecular flexibility index (Phi) is 3.16. The van der Waals surface area contributed by atoms with Crippen molar-refractivity contribution in [3.63, 3.8) is 0 Å². The maximum absolute atomic E-state index is 12.5. The Morgan fingerprint density at radius 1 is 1.41 bits per heavy atom. The molecule has 94 valence electrons. The molecule has 1 fully saturated rings. The molecule has 0 N–H and O–H groups in total. The van der Waals surface area contributed by atoms with Gasteiger partial charge in [0.25, 0.3) is 0 Å². The minimum absolute atomic E-state index is 0.252. The Morgan fingerprint density at radius 2 is 2.12 bits per heavy atom. The Morgan fingerprint density at radius 3 is 2.65 bits per heavy atom. The van der Waals surface area contributed by atoms with Crippen molar-refractivity contribution in [2.75, 3.05) is 18.0 Å². The van der Waals surface area contributed by atoms with Crippen LogP contribution >= 0.6 is 11.6 Å². The van der Waals surface area contributed by atoms with E-state index in [0.29, 0.717) is 19.0 Å². The molecule has 0 aromatic carbocycles. The van der Waals surface area contributed by atoms with Crippen LogP contribution in [0.2, 0.25) is 5.28 Å². The van der Waals surface area contributed by atoms with E-state index in [1.54, 1.807) is 4.90 Å². The van der Waals surface area contributed by atoms with Crippen molar-refractivity contribution in [3.8, 4) is 0 Å². The van der Waals surface area contributed by atoms with Gasteiger partial charge in [0.1, 0.15) is 5.82 Å². The molecule has 1 aliphatic rings. The highest BCUT2D eigenvalue weighted by atomic mass is 35.5. The van der Waals surface area contributed by atoms with Gasteiger partial charge in [-0.15, -0.1) is 0 Å². The van der Waals surface area contributed by atoms with Crippen molar-refractivity contribution < 1.29 is 13.2 Å². The summed E-state index contributed by atoms with van der Waals surface area (Å²) >= 11 is 5.52. The van der Waals surface area contributed by atoms with Gasteiger partial charge < -0.3 is 4.90 Å². The molecule has 0 spiro atoms. The molecule has 0 radical (unpaired) electrons. The molecule has 17 heavy (non-hydrogen) atoms. The zero-order valence-electron chi connectivity index (χ0n) is 9.13. The lowest BCUT2D eigenvalue weighted by atomic mass is 10.2. The summed E-state index contributed by atoms with van der Waals surface area (Å²) in [6.07, 6.45) is -3.55. The SMILES string of the molecule is CC1CCN(c2cc(C(F)(F)F)nc(Cl)n2)C1. The maximum Gasteiger partial charge on any atom is 0.433 e. The summed E-state index contributed by atoms with van der Waals surface area (Å²) in [4.78, 5) is 8.84. The van der Waals surface area contributed by atoms with Crippen LogP contribution in [0.5, 0.6) is 0 Å². The van der Waals surface area contributed by atoms with Gasteiger partial charge >= 0.3 is 6.18 Å². The van der Waals surface area contributed by atoms with E-state index in [2.05, 4.69) is 9.97 Å². The first-order valence-corrected chi connectivity index (χ1v) is 5.61. The molecular formula is C10H11ClF3N3. The number of nitrogens with zero attached hydrogens (tertiary/aromatic N) is 3. The number of hydrogen-bond donors (Lipinski definition) is 0. The van der Waals surface area contributed by atoms with Crippen molar-refractivity contribution >= 4 is 17.4 Å². The summed E-state index contributed by atoms with van der Waals surface area (Å²) in [6, 6.07) is 0.948. The van der Waals surface area contributed by atoms with Gasteiger partial charge in [0.15, 0.2) is 5.69 Å². The summed E-state index contributed by atoms with van der Waals surface area (Å²) in [5, 5.41) is -0.366. The van der Waals surface area contributed by atoms with Gasteiger partial charge in [-0.3, -0.25) is 0 Å². The zero-order valence-corrected chi connectivity index (χ0v) is 9.89. The molecule has 2 rings (SSSR count). The normalized spacial score (nSPS) is 21.0. The van der Waals surface area contributed by atoms with Crippen LogP contribution in [0.15, 0.2) is 6.07 Å². The average molecular weight is 266 g/mol. The fourth-order valence-corrected chi connectivity index (χ4v) is 2.03. The summed E-state index contributed by atoms with van der Waals surface area (Å²) in [5.74, 6) is 0.708. The van der Waals surface area contributed by atoms with E-state index in [9.17, 15) is 13.2 Å². The van der Waals surface area contributed by atoms with Crippen LogP contribution in [0, 0.1) is 5.92 Å². The number of rotatable bonds is 1. The van der Waals surface area contributed by atoms with E-state index >= 15 is 0 Å². The van der Waals surface area contributed by atoms with Gasteiger partial charge in [0.2, 0.25) is 5.28 Å². The van der Waals surface area contributed by atoms with Crippen LogP contribution < -0.4 is 4.90 Å². The third-order valence-corrected chi connectivity index (χ3v) is 2.89. The minimum Gasteiger partial charge on any atom is -0.356 e. The van der Waals surface area contributed by atoms with E-state index in [1.807, 2.05) is 6.92 Å². The smallest absolute Gasteiger partial charge is 0.356 e. The van der Waals surface area contributed by atoms with Crippen molar-refractivity contribution in [1.29, 1.82) is 0 Å². The van der Waals surface area contributed by atoms with E-state index in [1.165, 1.54) is 0 Å². The van der Waals surface area contributed by atoms with Crippen molar-refractivity contribution in [3.05, 3.63) is 17.0 Å². The maximum atomic E-state index is 12.5. The van der Waals surface area contributed by atoms with E-state index in [0.717, 1.165) is 12.5 Å². The van der Waals surface area contributed by atoms with Crippen molar-refractivity contribution in [1.82, 2.24) is 9.97 Å². The average Bonchev–Trinajstić information content (AvgIpc) is 2.62. The summed E-state index contributed by atoms with van der Waals surface area (Å²) in [6.45, 7) is 3.45. The third-order valence-electron chi connectivity index (χ3n) is 2.72. The van der Waals surface area contributed by atoms with Gasteiger partial charge in [0, 0.05) is 19.2 Å². The molecule has 2 heterocycles. The predicted molar refractivity (Wildman–Crippen MR) is 58.0 cm³/mol. The molecule has 0 amide bonds. The van der Waals surface area contributed by atoms with Crippen LogP contribution in [0.25, 0.3) is 0 Å². The van der Waals surface area contributed by atoms with E-state index in [-0.39, 0.29) is 11.1 Å². The first-order valence-electron chi connectivity index (χ1n) is 5.23. The predicted octanol–water partition coefficient (Wildman–Crippen LogP) is 3.00. The number of hydrogen-bond acceptors (Lipinski definition) is 3. The van der Waals surface area contributed by atoms with Gasteiger partial charge in [-0.05, 0) is 23.9 Å². The molecule has 0 saturated carbocycles. The molecular weight excluding hydrogens is 255 g/mol. The highest BCUT2D eigenvalue weighted by Crippen LogP contribution is 2.31. The van der Waals surface area contributed by atoms with Crippen LogP contribution in [0.1, 0.15) is 19.0 Å². The number of halogens is 4. The van der Waals surface area contributed by atoms with E-state index < -0.39 is 11.9 Å². The van der Waals surface area contributed by atoms with Crippen LogP contribution in [0.3, 0.4) is 0 Å². The van der Waals surface area contributed by atoms with Gasteiger partial charge in [-0.1, -0.05) is 6.92 Å². The molecule has 1 aromatic heterocycles. The fourth-order valence-electron chi connectivity index (χ4n) is 1.86. The Hall–Kier alpha value is -1.04. The van der Waals surface area contributed by atoms with Crippen LogP contribution in [0.4, 0.5) is 19.0 Å². The highest BCUT2D eigenvalue weighted by Gasteiger charge is 2.34. The van der Waals surface area contributed by atoms with E-state index in [4.69, 9.17) is 11.6 Å². The zero-order chi connectivity index (χ0) is 12.6. The largest absolute Gasteiger partial charge is 0.433 e. The molecule has 3 nitrogen and oxygen atoms in total. The van der Waals surface area contributed by atoms with Crippen LogP contribution in [-0.2, 0) is 6.18 Å². The van der Waals surface area contributed by atoms with Gasteiger partial charge in [-0.25, -0.2) is 9.97 Å². The Labute approximate surface area is 102 Å². The monoisotopic (exact) mass is 265 g/mol. The molecule has 1 saturated heterocycles. The number of alkyl halides is 3. The molecule has 1 atom stereocenters. The van der Waals surface area contributed by atoms with Gasteiger partial charge in [-0.2, -0.15) is 13.2 Å². The fraction of sp³-hybridized carbons (Fsp3) is 0.600. The number of anilines is 1. The lowest BCUT2D eigenvalue weighted by Gasteiger charge is -2.18. The van der Waals surface area contributed by atoms with Crippen molar-refractivity contribution in [2.24, 2.45) is 5.92 Å². The first-order chi connectivity index (χ1) is 7.86. The Bertz CT molecular complexity index is 422. The lowest BCUT2D eigenvalue weighted by molar-refractivity contribution is -0.141. The molecule has 1 aliphatic heterocycles. The van der Waals surface area contributed by atoms with Gasteiger partial charge in [0.05, 0.1) is 0 Å². The molecule has 7 heteroatoms. The molecule has 0 aliphatic carbocycles. The van der Waals surface area contributed by atoms with Crippen LogP contribution in [-0.4, -0.2) is 23.1 Å². The minimum atomic E-state index is -4.49.